The fourth-order valence-electron chi connectivity index (χ4n) is 1.32. The highest BCUT2D eigenvalue weighted by Gasteiger charge is 2.07. The number of carbonyl (C=O) groups excluding carboxylic acids is 1. The predicted molar refractivity (Wildman–Crippen MR) is 75.0 cm³/mol. The van der Waals surface area contributed by atoms with Gasteiger partial charge in [-0.1, -0.05) is 33.8 Å². The van der Waals surface area contributed by atoms with Crippen LogP contribution in [-0.2, 0) is 4.84 Å². The van der Waals surface area contributed by atoms with Crippen LogP contribution >= 0.6 is 0 Å². The Morgan fingerprint density at radius 1 is 1.16 bits per heavy atom. The van der Waals surface area contributed by atoms with E-state index < -0.39 is 0 Å². The summed E-state index contributed by atoms with van der Waals surface area (Å²) in [5.41, 5.74) is 2.96. The molecule has 0 saturated heterocycles. The van der Waals surface area contributed by atoms with Gasteiger partial charge < -0.3 is 4.74 Å². The lowest BCUT2D eigenvalue weighted by atomic mass is 10.2. The van der Waals surface area contributed by atoms with Crippen molar-refractivity contribution in [2.24, 2.45) is 11.8 Å². The first-order valence-electron chi connectivity index (χ1n) is 6.64. The van der Waals surface area contributed by atoms with E-state index in [2.05, 4.69) is 19.3 Å². The summed E-state index contributed by atoms with van der Waals surface area (Å²) in [6.07, 6.45) is 0. The van der Waals surface area contributed by atoms with E-state index >= 15 is 0 Å². The number of amides is 1. The fourth-order valence-corrected chi connectivity index (χ4v) is 1.32. The minimum Gasteiger partial charge on any atom is -0.493 e. The molecule has 1 amide bonds. The molecule has 4 heteroatoms. The van der Waals surface area contributed by atoms with Crippen LogP contribution in [0.3, 0.4) is 0 Å². The van der Waals surface area contributed by atoms with Crippen LogP contribution in [0.1, 0.15) is 38.1 Å². The summed E-state index contributed by atoms with van der Waals surface area (Å²) in [6.45, 7) is 9.33. The van der Waals surface area contributed by atoms with Gasteiger partial charge in [0.05, 0.1) is 13.2 Å². The van der Waals surface area contributed by atoms with Crippen LogP contribution < -0.4 is 10.2 Å². The van der Waals surface area contributed by atoms with Crippen molar-refractivity contribution in [3.8, 4) is 5.75 Å². The zero-order chi connectivity index (χ0) is 14.3. The van der Waals surface area contributed by atoms with Gasteiger partial charge in [-0.25, -0.2) is 5.48 Å². The molecule has 0 aliphatic rings. The molecule has 0 aliphatic heterocycles. The Hall–Kier alpha value is -1.55. The average Bonchev–Trinajstić information content (AvgIpc) is 2.36. The van der Waals surface area contributed by atoms with Crippen molar-refractivity contribution in [1.29, 1.82) is 0 Å². The maximum Gasteiger partial charge on any atom is 0.274 e. The molecular weight excluding hydrogens is 242 g/mol. The molecule has 0 aromatic heterocycles. The van der Waals surface area contributed by atoms with Gasteiger partial charge in [0, 0.05) is 5.56 Å². The van der Waals surface area contributed by atoms with Crippen LogP contribution in [0.2, 0.25) is 0 Å². The van der Waals surface area contributed by atoms with Crippen LogP contribution in [0.5, 0.6) is 5.75 Å². The van der Waals surface area contributed by atoms with Gasteiger partial charge in [-0.15, -0.1) is 0 Å². The van der Waals surface area contributed by atoms with Crippen LogP contribution in [0.4, 0.5) is 0 Å². The van der Waals surface area contributed by atoms with E-state index in [0.29, 0.717) is 36.4 Å². The molecule has 106 valence electrons. The van der Waals surface area contributed by atoms with E-state index in [0.717, 1.165) is 0 Å². The smallest absolute Gasteiger partial charge is 0.274 e. The molecule has 0 heterocycles. The molecule has 0 atom stereocenters. The van der Waals surface area contributed by atoms with Crippen LogP contribution in [0.15, 0.2) is 24.3 Å². The van der Waals surface area contributed by atoms with Gasteiger partial charge in [-0.05, 0) is 30.0 Å². The summed E-state index contributed by atoms with van der Waals surface area (Å²) in [6, 6.07) is 7.09. The summed E-state index contributed by atoms with van der Waals surface area (Å²) in [5.74, 6) is 1.27. The summed E-state index contributed by atoms with van der Waals surface area (Å²) < 4.78 is 5.58. The van der Waals surface area contributed by atoms with E-state index in [1.807, 2.05) is 19.9 Å². The van der Waals surface area contributed by atoms with Gasteiger partial charge in [0.15, 0.2) is 0 Å². The highest BCUT2D eigenvalue weighted by molar-refractivity contribution is 5.93. The first-order chi connectivity index (χ1) is 8.99. The third-order valence-electron chi connectivity index (χ3n) is 2.26. The number of rotatable bonds is 7. The molecule has 0 spiro atoms. The Morgan fingerprint density at radius 2 is 1.84 bits per heavy atom. The average molecular weight is 265 g/mol. The second-order valence-electron chi connectivity index (χ2n) is 5.37. The fraction of sp³-hybridized carbons (Fsp3) is 0.533. The zero-order valence-corrected chi connectivity index (χ0v) is 12.1. The molecule has 19 heavy (non-hydrogen) atoms. The van der Waals surface area contributed by atoms with Crippen LogP contribution in [0, 0.1) is 11.8 Å². The first-order valence-corrected chi connectivity index (χ1v) is 6.64. The zero-order valence-electron chi connectivity index (χ0n) is 12.1. The summed E-state index contributed by atoms with van der Waals surface area (Å²) in [5, 5.41) is 0. The SMILES string of the molecule is CC(C)CONC(=O)c1cccc(OCC(C)C)c1. The van der Waals surface area contributed by atoms with E-state index in [-0.39, 0.29) is 5.91 Å². The summed E-state index contributed by atoms with van der Waals surface area (Å²) in [7, 11) is 0. The van der Waals surface area contributed by atoms with Crippen molar-refractivity contribution in [2.45, 2.75) is 27.7 Å². The lowest BCUT2D eigenvalue weighted by Crippen LogP contribution is -2.25. The number of hydroxylamine groups is 1. The molecule has 0 unspecified atom stereocenters. The van der Waals surface area contributed by atoms with E-state index in [1.54, 1.807) is 18.2 Å². The molecule has 0 saturated carbocycles. The minimum absolute atomic E-state index is 0.254. The van der Waals surface area contributed by atoms with E-state index in [9.17, 15) is 4.79 Å². The Labute approximate surface area is 115 Å². The Morgan fingerprint density at radius 3 is 2.47 bits per heavy atom. The largest absolute Gasteiger partial charge is 0.493 e. The normalized spacial score (nSPS) is 10.8. The van der Waals surface area contributed by atoms with Gasteiger partial charge in [0.2, 0.25) is 0 Å². The first kappa shape index (κ1) is 15.5. The highest BCUT2D eigenvalue weighted by atomic mass is 16.6. The lowest BCUT2D eigenvalue weighted by molar-refractivity contribution is 0.0208. The van der Waals surface area contributed by atoms with Gasteiger partial charge in [-0.2, -0.15) is 0 Å². The number of carbonyl (C=O) groups is 1. The van der Waals surface area contributed by atoms with Crippen LogP contribution in [-0.4, -0.2) is 19.1 Å². The van der Waals surface area contributed by atoms with Crippen molar-refractivity contribution in [1.82, 2.24) is 5.48 Å². The third-order valence-corrected chi connectivity index (χ3v) is 2.26. The molecule has 1 aromatic rings. The number of hydrogen-bond acceptors (Lipinski definition) is 3. The molecule has 0 fully saturated rings. The van der Waals surface area contributed by atoms with Crippen LogP contribution in [0.25, 0.3) is 0 Å². The van der Waals surface area contributed by atoms with Crippen molar-refractivity contribution in [3.63, 3.8) is 0 Å². The standard InChI is InChI=1S/C15H23NO3/c1-11(2)9-18-14-7-5-6-13(8-14)15(17)16-19-10-12(3)4/h5-8,11-12H,9-10H2,1-4H3,(H,16,17). The number of ether oxygens (including phenoxy) is 1. The Bertz CT molecular complexity index is 402. The second-order valence-corrected chi connectivity index (χ2v) is 5.37. The number of benzene rings is 1. The van der Waals surface area contributed by atoms with Crippen molar-refractivity contribution in [2.75, 3.05) is 13.2 Å². The van der Waals surface area contributed by atoms with Gasteiger partial charge >= 0.3 is 0 Å². The molecular formula is C15H23NO3. The molecule has 1 rings (SSSR count). The van der Waals surface area contributed by atoms with E-state index in [1.165, 1.54) is 0 Å². The molecule has 1 aromatic carbocycles. The van der Waals surface area contributed by atoms with E-state index in [4.69, 9.17) is 9.57 Å². The van der Waals surface area contributed by atoms with Gasteiger partial charge in [0.25, 0.3) is 5.91 Å². The topological polar surface area (TPSA) is 47.6 Å². The third kappa shape index (κ3) is 6.25. The number of nitrogens with one attached hydrogen (secondary N) is 1. The minimum atomic E-state index is -0.254. The maximum absolute atomic E-state index is 11.8. The molecule has 0 radical (unpaired) electrons. The predicted octanol–water partition coefficient (Wildman–Crippen LogP) is 3.04. The monoisotopic (exact) mass is 265 g/mol. The molecule has 0 bridgehead atoms. The summed E-state index contributed by atoms with van der Waals surface area (Å²) >= 11 is 0. The Balaban J connectivity index is 2.52. The van der Waals surface area contributed by atoms with Crippen molar-refractivity contribution >= 4 is 5.91 Å². The highest BCUT2D eigenvalue weighted by Crippen LogP contribution is 2.14. The summed E-state index contributed by atoms with van der Waals surface area (Å²) in [4.78, 5) is 16.9. The maximum atomic E-state index is 11.8. The van der Waals surface area contributed by atoms with Gasteiger partial charge in [-0.3, -0.25) is 9.63 Å². The van der Waals surface area contributed by atoms with Crippen molar-refractivity contribution in [3.05, 3.63) is 29.8 Å². The second kappa shape index (κ2) is 7.79. The quantitative estimate of drug-likeness (QED) is 0.771. The molecule has 0 aliphatic carbocycles. The van der Waals surface area contributed by atoms with Gasteiger partial charge in [0.1, 0.15) is 5.75 Å². The number of hydrogen-bond donors (Lipinski definition) is 1. The van der Waals surface area contributed by atoms with Crippen molar-refractivity contribution < 1.29 is 14.4 Å². The lowest BCUT2D eigenvalue weighted by Gasteiger charge is -2.11. The Kier molecular flexibility index (Phi) is 6.36. The molecule has 1 N–H and O–H groups in total. The molecule has 4 nitrogen and oxygen atoms in total.